The lowest BCUT2D eigenvalue weighted by Crippen LogP contribution is -2.51. The highest BCUT2D eigenvalue weighted by atomic mass is 16.2. The van der Waals surface area contributed by atoms with Gasteiger partial charge in [0.25, 0.3) is 0 Å². The Balaban J connectivity index is 1.85. The van der Waals surface area contributed by atoms with Crippen LogP contribution in [0.25, 0.3) is 0 Å². The quantitative estimate of drug-likeness (QED) is 0.705. The van der Waals surface area contributed by atoms with Gasteiger partial charge in [0, 0.05) is 25.7 Å². The van der Waals surface area contributed by atoms with Crippen LogP contribution in [0, 0.1) is 22.7 Å². The van der Waals surface area contributed by atoms with E-state index in [0.717, 1.165) is 19.5 Å². The fourth-order valence-corrected chi connectivity index (χ4v) is 3.96. The number of likely N-dealkylation sites (tertiary alicyclic amines) is 2. The van der Waals surface area contributed by atoms with Crippen molar-refractivity contribution in [2.75, 3.05) is 45.8 Å². The van der Waals surface area contributed by atoms with Crippen molar-refractivity contribution < 1.29 is 4.79 Å². The molecule has 1 amide bonds. The minimum absolute atomic E-state index is 0.0574. The third-order valence-corrected chi connectivity index (χ3v) is 5.34. The molecule has 2 aliphatic rings. The fourth-order valence-electron chi connectivity index (χ4n) is 3.96. The Kier molecular flexibility index (Phi) is 8.72. The second kappa shape index (κ2) is 11.1. The van der Waals surface area contributed by atoms with Gasteiger partial charge in [0.15, 0.2) is 0 Å². The topological polar surface area (TPSA) is 74.4 Å². The molecule has 138 valence electrons. The molecular formula is C19H31N5O. The molecular weight excluding hydrogens is 314 g/mol. The first kappa shape index (κ1) is 19.7. The second-order valence-corrected chi connectivity index (χ2v) is 7.18. The maximum absolute atomic E-state index is 12.6. The van der Waals surface area contributed by atoms with Crippen LogP contribution in [0.2, 0.25) is 0 Å². The van der Waals surface area contributed by atoms with Crippen molar-refractivity contribution >= 4 is 5.91 Å². The molecule has 2 saturated heterocycles. The fraction of sp³-hybridized carbons (Fsp3) is 0.842. The van der Waals surface area contributed by atoms with Crippen LogP contribution in [-0.4, -0.2) is 72.5 Å². The molecule has 2 rings (SSSR count). The summed E-state index contributed by atoms with van der Waals surface area (Å²) in [4.78, 5) is 19.2. The smallest absolute Gasteiger partial charge is 0.236 e. The molecule has 25 heavy (non-hydrogen) atoms. The van der Waals surface area contributed by atoms with Crippen LogP contribution in [0.5, 0.6) is 0 Å². The van der Waals surface area contributed by atoms with Gasteiger partial charge in [0.1, 0.15) is 0 Å². The first-order chi connectivity index (χ1) is 12.2. The predicted octanol–water partition coefficient (Wildman–Crippen LogP) is 1.98. The highest BCUT2D eigenvalue weighted by Crippen LogP contribution is 2.20. The van der Waals surface area contributed by atoms with Crippen molar-refractivity contribution in [1.29, 1.82) is 10.5 Å². The van der Waals surface area contributed by atoms with E-state index in [4.69, 9.17) is 10.5 Å². The molecule has 0 saturated carbocycles. The van der Waals surface area contributed by atoms with Gasteiger partial charge < -0.3 is 4.90 Å². The molecule has 0 aromatic rings. The summed E-state index contributed by atoms with van der Waals surface area (Å²) in [5.41, 5.74) is 0. The van der Waals surface area contributed by atoms with E-state index in [1.807, 2.05) is 0 Å². The first-order valence-corrected chi connectivity index (χ1v) is 9.72. The highest BCUT2D eigenvalue weighted by Gasteiger charge is 2.27. The van der Waals surface area contributed by atoms with E-state index >= 15 is 0 Å². The molecule has 0 spiro atoms. The van der Waals surface area contributed by atoms with Gasteiger partial charge in [-0.15, -0.1) is 0 Å². The zero-order valence-electron chi connectivity index (χ0n) is 15.3. The average Bonchev–Trinajstić information content (AvgIpc) is 2.91. The van der Waals surface area contributed by atoms with E-state index < -0.39 is 0 Å². The zero-order chi connectivity index (χ0) is 17.9. The molecule has 1 unspecified atom stereocenters. The second-order valence-electron chi connectivity index (χ2n) is 7.18. The zero-order valence-corrected chi connectivity index (χ0v) is 15.3. The standard InChI is InChI=1S/C19H31N5O/c20-9-6-14-24(15-7-10-21)19(25)17-22-11-5-8-18(16-22)23-12-3-1-2-4-13-23/h18H,1-8,11-17H2. The van der Waals surface area contributed by atoms with Crippen molar-refractivity contribution in [1.82, 2.24) is 14.7 Å². The van der Waals surface area contributed by atoms with E-state index in [1.54, 1.807) is 4.90 Å². The summed E-state index contributed by atoms with van der Waals surface area (Å²) >= 11 is 0. The lowest BCUT2D eigenvalue weighted by Gasteiger charge is -2.39. The number of hydrogen-bond acceptors (Lipinski definition) is 5. The molecule has 0 radical (unpaired) electrons. The van der Waals surface area contributed by atoms with Crippen molar-refractivity contribution in [2.45, 2.75) is 57.4 Å². The van der Waals surface area contributed by atoms with Gasteiger partial charge in [-0.25, -0.2) is 0 Å². The van der Waals surface area contributed by atoms with Crippen molar-refractivity contribution in [3.8, 4) is 12.1 Å². The van der Waals surface area contributed by atoms with Gasteiger partial charge >= 0.3 is 0 Å². The third kappa shape index (κ3) is 6.65. The number of nitriles is 2. The molecule has 1 atom stereocenters. The summed E-state index contributed by atoms with van der Waals surface area (Å²) in [7, 11) is 0. The van der Waals surface area contributed by atoms with Crippen LogP contribution in [0.4, 0.5) is 0 Å². The summed E-state index contributed by atoms with van der Waals surface area (Å²) in [6.07, 6.45) is 8.32. The van der Waals surface area contributed by atoms with Crippen LogP contribution in [-0.2, 0) is 4.79 Å². The summed E-state index contributed by atoms with van der Waals surface area (Å²) < 4.78 is 0. The van der Waals surface area contributed by atoms with Crippen LogP contribution in [0.3, 0.4) is 0 Å². The van der Waals surface area contributed by atoms with E-state index in [2.05, 4.69) is 21.9 Å². The van der Waals surface area contributed by atoms with Gasteiger partial charge in [0.2, 0.25) is 5.91 Å². The molecule has 6 heteroatoms. The largest absolute Gasteiger partial charge is 0.340 e. The molecule has 6 nitrogen and oxygen atoms in total. The summed E-state index contributed by atoms with van der Waals surface area (Å²) in [6.45, 7) is 5.62. The Labute approximate surface area is 152 Å². The Morgan fingerprint density at radius 2 is 1.60 bits per heavy atom. The average molecular weight is 345 g/mol. The van der Waals surface area contributed by atoms with Gasteiger partial charge in [-0.1, -0.05) is 12.8 Å². The molecule has 0 aliphatic carbocycles. The first-order valence-electron chi connectivity index (χ1n) is 9.72. The van der Waals surface area contributed by atoms with Gasteiger partial charge in [0.05, 0.1) is 31.5 Å². The van der Waals surface area contributed by atoms with E-state index in [9.17, 15) is 4.79 Å². The normalized spacial score (nSPS) is 22.6. The summed E-state index contributed by atoms with van der Waals surface area (Å²) in [6, 6.07) is 4.76. The Morgan fingerprint density at radius 1 is 0.960 bits per heavy atom. The molecule has 0 aromatic heterocycles. The highest BCUT2D eigenvalue weighted by molar-refractivity contribution is 5.78. The Morgan fingerprint density at radius 3 is 2.20 bits per heavy atom. The number of rotatable bonds is 7. The number of carbonyl (C=O) groups is 1. The van der Waals surface area contributed by atoms with E-state index in [-0.39, 0.29) is 5.91 Å². The van der Waals surface area contributed by atoms with Crippen LogP contribution in [0.15, 0.2) is 0 Å². The van der Waals surface area contributed by atoms with E-state index in [0.29, 0.717) is 38.5 Å². The monoisotopic (exact) mass is 345 g/mol. The van der Waals surface area contributed by atoms with Gasteiger partial charge in [-0.2, -0.15) is 10.5 Å². The maximum Gasteiger partial charge on any atom is 0.236 e. The third-order valence-electron chi connectivity index (χ3n) is 5.34. The van der Waals surface area contributed by atoms with Gasteiger partial charge in [-0.3, -0.25) is 14.6 Å². The van der Waals surface area contributed by atoms with Crippen LogP contribution in [0.1, 0.15) is 51.4 Å². The Hall–Kier alpha value is -1.63. The van der Waals surface area contributed by atoms with Crippen LogP contribution >= 0.6 is 0 Å². The van der Waals surface area contributed by atoms with Crippen molar-refractivity contribution in [3.05, 3.63) is 0 Å². The lowest BCUT2D eigenvalue weighted by atomic mass is 10.0. The number of hydrogen-bond donors (Lipinski definition) is 0. The molecule has 0 aromatic carbocycles. The Bertz CT molecular complexity index is 469. The van der Waals surface area contributed by atoms with E-state index in [1.165, 1.54) is 45.2 Å². The SMILES string of the molecule is N#CCCN(CCC#N)C(=O)CN1CCCC(N2CCCCCC2)C1. The minimum atomic E-state index is 0.0574. The molecule has 2 aliphatic heterocycles. The number of piperidine rings is 1. The number of amides is 1. The van der Waals surface area contributed by atoms with Crippen molar-refractivity contribution in [3.63, 3.8) is 0 Å². The molecule has 2 fully saturated rings. The lowest BCUT2D eigenvalue weighted by molar-refractivity contribution is -0.132. The number of carbonyl (C=O) groups excluding carboxylic acids is 1. The van der Waals surface area contributed by atoms with Crippen molar-refractivity contribution in [2.24, 2.45) is 0 Å². The summed E-state index contributed by atoms with van der Waals surface area (Å²) in [5, 5.41) is 17.6. The van der Waals surface area contributed by atoms with Crippen LogP contribution < -0.4 is 0 Å². The molecule has 0 N–H and O–H groups in total. The maximum atomic E-state index is 12.6. The van der Waals surface area contributed by atoms with Gasteiger partial charge in [-0.05, 0) is 45.3 Å². The number of nitrogens with zero attached hydrogens (tertiary/aromatic N) is 5. The minimum Gasteiger partial charge on any atom is -0.340 e. The predicted molar refractivity (Wildman–Crippen MR) is 96.5 cm³/mol. The molecule has 0 bridgehead atoms. The summed E-state index contributed by atoms with van der Waals surface area (Å²) in [5.74, 6) is 0.0574. The molecule has 2 heterocycles.